The highest BCUT2D eigenvalue weighted by molar-refractivity contribution is 5.89. The Balaban J connectivity index is 2.18. The first-order valence-electron chi connectivity index (χ1n) is 8.69. The van der Waals surface area contributed by atoms with E-state index in [1.54, 1.807) is 0 Å². The standard InChI is InChI=1S/C20H25NO2/c1-13(2)15-6-7-20(12-21)9-8-19(3)16(18(15)20)5-4-14(11-22)10-17(19)23/h4-5,11,13-14,16H,6-10H2,1-3H3/t14?,16-,19-,20-/m1/s1. The second kappa shape index (κ2) is 5.44. The number of ketones is 1. The lowest BCUT2D eigenvalue weighted by atomic mass is 9.55. The molecule has 0 bridgehead atoms. The smallest absolute Gasteiger partial charge is 0.140 e. The van der Waals surface area contributed by atoms with E-state index in [0.717, 1.165) is 32.0 Å². The van der Waals surface area contributed by atoms with Crippen LogP contribution in [-0.4, -0.2) is 12.1 Å². The molecule has 3 nitrogen and oxygen atoms in total. The van der Waals surface area contributed by atoms with Gasteiger partial charge >= 0.3 is 0 Å². The van der Waals surface area contributed by atoms with E-state index >= 15 is 0 Å². The Morgan fingerprint density at radius 1 is 1.30 bits per heavy atom. The van der Waals surface area contributed by atoms with Crippen LogP contribution >= 0.6 is 0 Å². The van der Waals surface area contributed by atoms with E-state index in [1.807, 2.05) is 13.0 Å². The number of carbonyl (C=O) groups is 2. The van der Waals surface area contributed by atoms with Gasteiger partial charge in [-0.1, -0.05) is 38.5 Å². The minimum absolute atomic E-state index is 0.0201. The fourth-order valence-electron chi connectivity index (χ4n) is 4.88. The van der Waals surface area contributed by atoms with Crippen LogP contribution in [-0.2, 0) is 9.59 Å². The summed E-state index contributed by atoms with van der Waals surface area (Å²) in [7, 11) is 0. The van der Waals surface area contributed by atoms with Crippen LogP contribution in [0.5, 0.6) is 0 Å². The number of fused-ring (bicyclic) bond motifs is 3. The van der Waals surface area contributed by atoms with Gasteiger partial charge in [-0.05, 0) is 37.2 Å². The molecule has 0 amide bonds. The number of hydrogen-bond donors (Lipinski definition) is 0. The van der Waals surface area contributed by atoms with E-state index in [2.05, 4.69) is 26.0 Å². The zero-order valence-corrected chi connectivity index (χ0v) is 14.3. The Hall–Kier alpha value is -1.69. The first-order valence-corrected chi connectivity index (χ1v) is 8.69. The van der Waals surface area contributed by atoms with Crippen molar-refractivity contribution >= 4 is 12.1 Å². The molecule has 0 N–H and O–H groups in total. The highest BCUT2D eigenvalue weighted by atomic mass is 16.1. The van der Waals surface area contributed by atoms with Gasteiger partial charge in [-0.3, -0.25) is 4.79 Å². The van der Waals surface area contributed by atoms with Crippen molar-refractivity contribution < 1.29 is 9.59 Å². The Kier molecular flexibility index (Phi) is 3.83. The number of aldehydes is 1. The molecule has 3 heteroatoms. The van der Waals surface area contributed by atoms with Crippen LogP contribution < -0.4 is 0 Å². The molecule has 0 spiro atoms. The molecule has 23 heavy (non-hydrogen) atoms. The summed E-state index contributed by atoms with van der Waals surface area (Å²) < 4.78 is 0. The second-order valence-electron chi connectivity index (χ2n) is 7.99. The fraction of sp³-hybridized carbons (Fsp3) is 0.650. The molecule has 0 aromatic heterocycles. The Morgan fingerprint density at radius 2 is 2.04 bits per heavy atom. The number of allylic oxidation sites excluding steroid dienone is 4. The molecule has 3 rings (SSSR count). The zero-order valence-electron chi connectivity index (χ0n) is 14.3. The lowest BCUT2D eigenvalue weighted by Gasteiger charge is -2.46. The van der Waals surface area contributed by atoms with Gasteiger partial charge in [-0.25, -0.2) is 0 Å². The van der Waals surface area contributed by atoms with E-state index in [-0.39, 0.29) is 17.6 Å². The van der Waals surface area contributed by atoms with Gasteiger partial charge in [0.15, 0.2) is 0 Å². The average Bonchev–Trinajstić information content (AvgIpc) is 2.87. The van der Waals surface area contributed by atoms with Crippen molar-refractivity contribution in [1.29, 1.82) is 5.26 Å². The van der Waals surface area contributed by atoms with Gasteiger partial charge in [0.25, 0.3) is 0 Å². The predicted molar refractivity (Wildman–Crippen MR) is 88.3 cm³/mol. The van der Waals surface area contributed by atoms with Crippen molar-refractivity contribution in [2.24, 2.45) is 28.6 Å². The van der Waals surface area contributed by atoms with Gasteiger partial charge in [-0.15, -0.1) is 0 Å². The molecule has 0 heterocycles. The molecule has 4 atom stereocenters. The SMILES string of the molecule is CC(C)C1=C2[C@H]3C=CC(C=O)CC(=O)[C@]3(C)CC[C@@]2(C#N)CC1. The third kappa shape index (κ3) is 2.23. The number of hydrogen-bond acceptors (Lipinski definition) is 3. The largest absolute Gasteiger partial charge is 0.303 e. The van der Waals surface area contributed by atoms with Gasteiger partial charge in [0.2, 0.25) is 0 Å². The highest BCUT2D eigenvalue weighted by Crippen LogP contribution is 2.61. The Bertz CT molecular complexity index is 651. The molecular formula is C20H25NO2. The minimum Gasteiger partial charge on any atom is -0.303 e. The molecule has 3 aliphatic carbocycles. The Morgan fingerprint density at radius 3 is 2.65 bits per heavy atom. The van der Waals surface area contributed by atoms with Gasteiger partial charge < -0.3 is 4.79 Å². The van der Waals surface area contributed by atoms with Crippen LogP contribution in [0.2, 0.25) is 0 Å². The monoisotopic (exact) mass is 311 g/mol. The first kappa shape index (κ1) is 16.2. The molecule has 0 aromatic rings. The van der Waals surface area contributed by atoms with E-state index < -0.39 is 10.8 Å². The molecule has 0 aromatic carbocycles. The predicted octanol–water partition coefficient (Wildman–Crippen LogP) is 4.00. The number of rotatable bonds is 2. The molecule has 1 fully saturated rings. The maximum Gasteiger partial charge on any atom is 0.140 e. The van der Waals surface area contributed by atoms with Crippen molar-refractivity contribution in [3.8, 4) is 6.07 Å². The summed E-state index contributed by atoms with van der Waals surface area (Å²) >= 11 is 0. The number of Topliss-reactive ketones (excluding diaryl/α,β-unsaturated/α-hetero) is 1. The molecule has 0 radical (unpaired) electrons. The summed E-state index contributed by atoms with van der Waals surface area (Å²) in [5.41, 5.74) is 1.72. The van der Waals surface area contributed by atoms with Crippen molar-refractivity contribution in [1.82, 2.24) is 0 Å². The molecule has 0 aliphatic heterocycles. The second-order valence-corrected chi connectivity index (χ2v) is 7.99. The van der Waals surface area contributed by atoms with E-state index in [0.29, 0.717) is 12.3 Å². The van der Waals surface area contributed by atoms with Gasteiger partial charge in [-0.2, -0.15) is 5.26 Å². The van der Waals surface area contributed by atoms with Gasteiger partial charge in [0, 0.05) is 23.7 Å². The zero-order chi connectivity index (χ0) is 16.8. The maximum atomic E-state index is 12.9. The van der Waals surface area contributed by atoms with Crippen molar-refractivity contribution in [2.75, 3.05) is 0 Å². The van der Waals surface area contributed by atoms with Crippen molar-refractivity contribution in [3.63, 3.8) is 0 Å². The van der Waals surface area contributed by atoms with Crippen LogP contribution in [0.4, 0.5) is 0 Å². The normalized spacial score (nSPS) is 39.7. The molecule has 122 valence electrons. The third-order valence-corrected chi connectivity index (χ3v) is 6.45. The van der Waals surface area contributed by atoms with Gasteiger partial charge in [0.1, 0.15) is 12.1 Å². The summed E-state index contributed by atoms with van der Waals surface area (Å²) in [6, 6.07) is 2.60. The number of nitrogens with zero attached hydrogens (tertiary/aromatic N) is 1. The first-order chi connectivity index (χ1) is 10.9. The van der Waals surface area contributed by atoms with E-state index in [9.17, 15) is 14.9 Å². The van der Waals surface area contributed by atoms with Crippen molar-refractivity contribution in [2.45, 2.75) is 52.9 Å². The lowest BCUT2D eigenvalue weighted by Crippen LogP contribution is -2.44. The Labute approximate surface area is 138 Å². The minimum atomic E-state index is -0.464. The number of nitriles is 1. The van der Waals surface area contributed by atoms with Gasteiger partial charge in [0.05, 0.1) is 11.5 Å². The van der Waals surface area contributed by atoms with Crippen LogP contribution in [0.3, 0.4) is 0 Å². The summed E-state index contributed by atoms with van der Waals surface area (Å²) in [6.07, 6.45) is 8.51. The summed E-state index contributed by atoms with van der Waals surface area (Å²) in [5, 5.41) is 9.91. The summed E-state index contributed by atoms with van der Waals surface area (Å²) in [6.45, 7) is 6.40. The summed E-state index contributed by atoms with van der Waals surface area (Å²) in [5.74, 6) is 0.244. The highest BCUT2D eigenvalue weighted by Gasteiger charge is 2.56. The van der Waals surface area contributed by atoms with Crippen LogP contribution in [0, 0.1) is 39.9 Å². The van der Waals surface area contributed by atoms with Crippen LogP contribution in [0.25, 0.3) is 0 Å². The van der Waals surface area contributed by atoms with Crippen LogP contribution in [0.1, 0.15) is 52.9 Å². The topological polar surface area (TPSA) is 57.9 Å². The molecule has 0 saturated heterocycles. The van der Waals surface area contributed by atoms with Crippen molar-refractivity contribution in [3.05, 3.63) is 23.3 Å². The number of carbonyl (C=O) groups excluding carboxylic acids is 2. The molecular weight excluding hydrogens is 286 g/mol. The van der Waals surface area contributed by atoms with E-state index in [1.165, 1.54) is 11.1 Å². The summed E-state index contributed by atoms with van der Waals surface area (Å²) in [4.78, 5) is 24.1. The molecule has 3 aliphatic rings. The quantitative estimate of drug-likeness (QED) is 0.572. The molecule has 1 unspecified atom stereocenters. The fourth-order valence-corrected chi connectivity index (χ4v) is 4.88. The third-order valence-electron chi connectivity index (χ3n) is 6.45. The average molecular weight is 311 g/mol. The lowest BCUT2D eigenvalue weighted by molar-refractivity contribution is -0.132. The van der Waals surface area contributed by atoms with E-state index in [4.69, 9.17) is 0 Å². The molecule has 1 saturated carbocycles. The maximum absolute atomic E-state index is 12.9. The van der Waals surface area contributed by atoms with Crippen LogP contribution in [0.15, 0.2) is 23.3 Å².